The van der Waals surface area contributed by atoms with Crippen LogP contribution in [-0.2, 0) is 5.75 Å². The molecule has 0 spiro atoms. The molecule has 0 bridgehead atoms. The van der Waals surface area contributed by atoms with Crippen LogP contribution in [0, 0.1) is 6.92 Å². The molecule has 29 heavy (non-hydrogen) atoms. The first-order valence-corrected chi connectivity index (χ1v) is 10.3. The molecular formula is C22H19N3O3S. The van der Waals surface area contributed by atoms with E-state index in [1.165, 1.54) is 22.1 Å². The fraction of sp³-hybridized carbons (Fsp3) is 0.182. The van der Waals surface area contributed by atoms with Crippen LogP contribution in [0.1, 0.15) is 38.8 Å². The Morgan fingerprint density at radius 2 is 1.86 bits per heavy atom. The van der Waals surface area contributed by atoms with Crippen molar-refractivity contribution in [2.24, 2.45) is 0 Å². The minimum absolute atomic E-state index is 0.0349. The zero-order valence-corrected chi connectivity index (χ0v) is 16.6. The lowest BCUT2D eigenvalue weighted by Crippen LogP contribution is -2.53. The number of aryl methyl sites for hydroxylation is 1. The number of hydrogen-bond acceptors (Lipinski definition) is 5. The van der Waals surface area contributed by atoms with Gasteiger partial charge in [-0.2, -0.15) is 0 Å². The number of thioether (sulfide) groups is 1. The minimum Gasteiger partial charge on any atom is -0.502 e. The SMILES string of the molecule is Cc1cccc2c1SCc1ccccc1C2N1CNC(=O)c2c(O)c(=O)ccn21. The average Bonchev–Trinajstić information content (AvgIpc) is 2.89. The smallest absolute Gasteiger partial charge is 0.275 e. The summed E-state index contributed by atoms with van der Waals surface area (Å²) in [6.45, 7) is 2.36. The number of benzene rings is 2. The van der Waals surface area contributed by atoms with Crippen molar-refractivity contribution < 1.29 is 9.90 Å². The van der Waals surface area contributed by atoms with Crippen LogP contribution in [0.2, 0.25) is 0 Å². The van der Waals surface area contributed by atoms with Crippen LogP contribution in [-0.4, -0.2) is 22.4 Å². The fourth-order valence-electron chi connectivity index (χ4n) is 4.13. The monoisotopic (exact) mass is 405 g/mol. The van der Waals surface area contributed by atoms with E-state index in [1.807, 2.05) is 35.0 Å². The molecule has 0 radical (unpaired) electrons. The van der Waals surface area contributed by atoms with Crippen LogP contribution < -0.4 is 15.8 Å². The van der Waals surface area contributed by atoms with Gasteiger partial charge in [0.15, 0.2) is 11.4 Å². The number of carbonyl (C=O) groups is 1. The molecule has 146 valence electrons. The molecule has 7 heteroatoms. The Hall–Kier alpha value is -3.19. The highest BCUT2D eigenvalue weighted by Crippen LogP contribution is 2.43. The zero-order chi connectivity index (χ0) is 20.1. The van der Waals surface area contributed by atoms with Gasteiger partial charge in [-0.3, -0.25) is 19.3 Å². The molecule has 2 N–H and O–H groups in total. The van der Waals surface area contributed by atoms with Gasteiger partial charge in [-0.25, -0.2) is 0 Å². The Balaban J connectivity index is 1.78. The van der Waals surface area contributed by atoms with Gasteiger partial charge in [0.05, 0.1) is 6.04 Å². The number of aromatic hydroxyl groups is 1. The molecule has 6 nitrogen and oxygen atoms in total. The molecule has 0 aliphatic carbocycles. The Morgan fingerprint density at radius 3 is 2.72 bits per heavy atom. The van der Waals surface area contributed by atoms with E-state index >= 15 is 0 Å². The van der Waals surface area contributed by atoms with E-state index in [-0.39, 0.29) is 18.4 Å². The Kier molecular flexibility index (Phi) is 4.13. The van der Waals surface area contributed by atoms with E-state index in [1.54, 1.807) is 10.9 Å². The topological polar surface area (TPSA) is 74.6 Å². The first kappa shape index (κ1) is 17.9. The Labute approximate surface area is 171 Å². The molecule has 1 atom stereocenters. The van der Waals surface area contributed by atoms with E-state index in [9.17, 15) is 14.7 Å². The molecule has 1 aromatic heterocycles. The third-order valence-electron chi connectivity index (χ3n) is 5.50. The number of pyridine rings is 1. The van der Waals surface area contributed by atoms with Crippen molar-refractivity contribution in [1.29, 1.82) is 0 Å². The number of rotatable bonds is 1. The van der Waals surface area contributed by atoms with Crippen LogP contribution in [0.4, 0.5) is 0 Å². The number of nitrogens with one attached hydrogen (secondary N) is 1. The quantitative estimate of drug-likeness (QED) is 0.651. The molecule has 1 unspecified atom stereocenters. The van der Waals surface area contributed by atoms with Crippen molar-refractivity contribution in [3.63, 3.8) is 0 Å². The maximum Gasteiger partial charge on any atom is 0.275 e. The minimum atomic E-state index is -0.568. The molecular weight excluding hydrogens is 386 g/mol. The second-order valence-electron chi connectivity index (χ2n) is 7.21. The number of carbonyl (C=O) groups excluding carboxylic acids is 1. The van der Waals surface area contributed by atoms with Crippen molar-refractivity contribution in [3.05, 3.63) is 92.9 Å². The van der Waals surface area contributed by atoms with Gasteiger partial charge in [0, 0.05) is 22.9 Å². The number of fused-ring (bicyclic) bond motifs is 3. The molecule has 3 heterocycles. The zero-order valence-electron chi connectivity index (χ0n) is 15.8. The summed E-state index contributed by atoms with van der Waals surface area (Å²) in [5.41, 5.74) is 4.11. The molecule has 0 saturated carbocycles. The van der Waals surface area contributed by atoms with Gasteiger partial charge in [0.2, 0.25) is 5.43 Å². The lowest BCUT2D eigenvalue weighted by atomic mass is 9.93. The van der Waals surface area contributed by atoms with Gasteiger partial charge in [0.1, 0.15) is 6.67 Å². The van der Waals surface area contributed by atoms with Gasteiger partial charge in [-0.05, 0) is 29.2 Å². The van der Waals surface area contributed by atoms with Crippen LogP contribution in [0.5, 0.6) is 5.75 Å². The standard InChI is InChI=1S/C22H19N3O3S/c1-13-5-4-8-16-18(15-7-3-2-6-14(15)11-29-21(13)16)25-12-23-22(28)19-20(27)17(26)9-10-24(19)25/h2-10,18,27H,11-12H2,1H3,(H,23,28). The van der Waals surface area contributed by atoms with E-state index in [0.29, 0.717) is 0 Å². The summed E-state index contributed by atoms with van der Waals surface area (Å²) in [4.78, 5) is 25.6. The third kappa shape index (κ3) is 2.73. The maximum absolute atomic E-state index is 12.4. The van der Waals surface area contributed by atoms with E-state index in [2.05, 4.69) is 36.5 Å². The van der Waals surface area contributed by atoms with Crippen LogP contribution in [0.25, 0.3) is 0 Å². The Morgan fingerprint density at radius 1 is 1.07 bits per heavy atom. The second kappa shape index (κ2) is 6.70. The fourth-order valence-corrected chi connectivity index (χ4v) is 5.33. The van der Waals surface area contributed by atoms with E-state index in [0.717, 1.165) is 16.9 Å². The molecule has 3 aromatic rings. The van der Waals surface area contributed by atoms with Gasteiger partial charge >= 0.3 is 0 Å². The van der Waals surface area contributed by atoms with E-state index < -0.39 is 17.1 Å². The summed E-state index contributed by atoms with van der Waals surface area (Å²) < 4.78 is 1.61. The van der Waals surface area contributed by atoms with Crippen molar-refractivity contribution in [2.75, 3.05) is 11.7 Å². The van der Waals surface area contributed by atoms with Gasteiger partial charge in [-0.1, -0.05) is 42.5 Å². The number of nitrogens with zero attached hydrogens (tertiary/aromatic N) is 2. The predicted octanol–water partition coefficient (Wildman–Crippen LogP) is 2.90. The summed E-state index contributed by atoms with van der Waals surface area (Å²) in [7, 11) is 0. The lowest BCUT2D eigenvalue weighted by molar-refractivity contribution is 0.0915. The van der Waals surface area contributed by atoms with Gasteiger partial charge in [-0.15, -0.1) is 11.8 Å². The highest BCUT2D eigenvalue weighted by Gasteiger charge is 2.35. The van der Waals surface area contributed by atoms with Crippen LogP contribution in [0.15, 0.2) is 64.4 Å². The highest BCUT2D eigenvalue weighted by atomic mass is 32.2. The van der Waals surface area contributed by atoms with Crippen molar-refractivity contribution in [2.45, 2.75) is 23.6 Å². The van der Waals surface area contributed by atoms with Gasteiger partial charge < -0.3 is 10.4 Å². The molecule has 0 saturated heterocycles. The van der Waals surface area contributed by atoms with E-state index in [4.69, 9.17) is 0 Å². The molecule has 2 aliphatic heterocycles. The summed E-state index contributed by atoms with van der Waals surface area (Å²) in [6, 6.07) is 15.7. The molecule has 2 aliphatic rings. The summed E-state index contributed by atoms with van der Waals surface area (Å²) in [5.74, 6) is -0.139. The van der Waals surface area contributed by atoms with Gasteiger partial charge in [0.25, 0.3) is 5.91 Å². The molecule has 5 rings (SSSR count). The summed E-state index contributed by atoms with van der Waals surface area (Å²) in [6.07, 6.45) is 1.56. The molecule has 0 fully saturated rings. The van der Waals surface area contributed by atoms with Crippen molar-refractivity contribution in [1.82, 2.24) is 9.99 Å². The largest absolute Gasteiger partial charge is 0.502 e. The molecule has 1 amide bonds. The summed E-state index contributed by atoms with van der Waals surface area (Å²) >= 11 is 1.81. The molecule has 2 aromatic carbocycles. The number of hydrogen-bond donors (Lipinski definition) is 2. The van der Waals surface area contributed by atoms with Crippen molar-refractivity contribution in [3.8, 4) is 5.75 Å². The Bertz CT molecular complexity index is 1200. The van der Waals surface area contributed by atoms with Crippen molar-refractivity contribution >= 4 is 17.7 Å². The number of aromatic nitrogens is 1. The highest BCUT2D eigenvalue weighted by molar-refractivity contribution is 7.98. The first-order valence-electron chi connectivity index (χ1n) is 9.36. The first-order chi connectivity index (χ1) is 14.1. The average molecular weight is 405 g/mol. The summed E-state index contributed by atoms with van der Waals surface area (Å²) in [5, 5.41) is 15.1. The lowest BCUT2D eigenvalue weighted by Gasteiger charge is -2.40. The maximum atomic E-state index is 12.4. The second-order valence-corrected chi connectivity index (χ2v) is 8.19. The normalized spacial score (nSPS) is 17.6. The van der Waals surface area contributed by atoms with Crippen LogP contribution >= 0.6 is 11.8 Å². The number of amides is 1. The predicted molar refractivity (Wildman–Crippen MR) is 112 cm³/mol. The third-order valence-corrected chi connectivity index (χ3v) is 6.81. The van der Waals surface area contributed by atoms with Crippen LogP contribution in [0.3, 0.4) is 0 Å².